The van der Waals surface area contributed by atoms with Crippen LogP contribution in [0.15, 0.2) is 0 Å². The normalized spacial score (nSPS) is 40.9. The summed E-state index contributed by atoms with van der Waals surface area (Å²) in [5.74, 6) is -0.339. The molecule has 1 saturated carbocycles. The topological polar surface area (TPSA) is 40.5 Å². The molecule has 2 aliphatic rings. The summed E-state index contributed by atoms with van der Waals surface area (Å²) in [6, 6.07) is 1.25. The third-order valence-corrected chi connectivity index (χ3v) is 5.73. The van der Waals surface area contributed by atoms with E-state index in [4.69, 9.17) is 0 Å². The molecule has 0 aromatic heterocycles. The van der Waals surface area contributed by atoms with Crippen molar-refractivity contribution >= 4 is 5.97 Å². The van der Waals surface area contributed by atoms with Crippen LogP contribution < -0.4 is 0 Å². The molecular weight excluding hydrogens is 226 g/mol. The van der Waals surface area contributed by atoms with Gasteiger partial charge >= 0.3 is 5.97 Å². The minimum atomic E-state index is -0.611. The minimum absolute atomic E-state index is 0.100. The van der Waals surface area contributed by atoms with Crippen LogP contribution in [0.3, 0.4) is 0 Å². The van der Waals surface area contributed by atoms with Crippen molar-refractivity contribution in [3.8, 4) is 0 Å². The molecule has 1 aliphatic heterocycles. The molecule has 3 heteroatoms. The second-order valence-electron chi connectivity index (χ2n) is 6.87. The predicted octanol–water partition coefficient (Wildman–Crippen LogP) is 3.00. The number of likely N-dealkylation sites (tertiary alicyclic amines) is 1. The molecule has 1 aliphatic carbocycles. The lowest BCUT2D eigenvalue weighted by atomic mass is 9.60. The van der Waals surface area contributed by atoms with Crippen LogP contribution in [0.2, 0.25) is 0 Å². The number of carboxylic acids is 1. The maximum atomic E-state index is 11.4. The molecule has 2 rings (SSSR count). The first-order valence-corrected chi connectivity index (χ1v) is 7.34. The maximum absolute atomic E-state index is 11.4. The van der Waals surface area contributed by atoms with Crippen LogP contribution in [0.1, 0.15) is 53.4 Å². The van der Waals surface area contributed by atoms with Crippen LogP contribution in [0, 0.1) is 17.3 Å². The van der Waals surface area contributed by atoms with Crippen molar-refractivity contribution in [3.63, 3.8) is 0 Å². The molecule has 0 radical (unpaired) electrons. The van der Waals surface area contributed by atoms with Crippen LogP contribution in [-0.2, 0) is 4.79 Å². The van der Waals surface area contributed by atoms with Crippen molar-refractivity contribution in [3.05, 3.63) is 0 Å². The zero-order valence-electron chi connectivity index (χ0n) is 12.1. The second-order valence-corrected chi connectivity index (χ2v) is 6.87. The molecule has 0 amide bonds. The summed E-state index contributed by atoms with van der Waals surface area (Å²) in [4.78, 5) is 14.0. The van der Waals surface area contributed by atoms with Gasteiger partial charge in [0, 0.05) is 12.1 Å². The molecule has 18 heavy (non-hydrogen) atoms. The van der Waals surface area contributed by atoms with Gasteiger partial charge in [0.25, 0.3) is 0 Å². The molecule has 104 valence electrons. The van der Waals surface area contributed by atoms with Gasteiger partial charge in [-0.3, -0.25) is 9.69 Å². The lowest BCUT2D eigenvalue weighted by molar-refractivity contribution is -0.152. The van der Waals surface area contributed by atoms with Crippen LogP contribution in [0.4, 0.5) is 0 Å². The van der Waals surface area contributed by atoms with Gasteiger partial charge in [-0.25, -0.2) is 0 Å². The fourth-order valence-corrected chi connectivity index (χ4v) is 4.12. The Labute approximate surface area is 111 Å². The van der Waals surface area contributed by atoms with E-state index >= 15 is 0 Å². The Kier molecular flexibility index (Phi) is 3.72. The van der Waals surface area contributed by atoms with Crippen LogP contribution in [0.5, 0.6) is 0 Å². The van der Waals surface area contributed by atoms with E-state index in [1.807, 2.05) is 0 Å². The van der Waals surface area contributed by atoms with Gasteiger partial charge in [-0.2, -0.15) is 0 Å². The Morgan fingerprint density at radius 2 is 1.89 bits per heavy atom. The zero-order chi connectivity index (χ0) is 13.5. The molecule has 3 nitrogen and oxygen atoms in total. The SMILES string of the molecule is CC1CCCN1C1CCC(C(=O)O)C(C)(C)C1C. The minimum Gasteiger partial charge on any atom is -0.481 e. The summed E-state index contributed by atoms with van der Waals surface area (Å²) in [7, 11) is 0. The molecule has 2 fully saturated rings. The Morgan fingerprint density at radius 1 is 1.22 bits per heavy atom. The van der Waals surface area contributed by atoms with Crippen LogP contribution >= 0.6 is 0 Å². The maximum Gasteiger partial charge on any atom is 0.307 e. The van der Waals surface area contributed by atoms with Gasteiger partial charge in [0.1, 0.15) is 0 Å². The first kappa shape index (κ1) is 13.9. The summed E-state index contributed by atoms with van der Waals surface area (Å²) in [5.41, 5.74) is -0.100. The summed E-state index contributed by atoms with van der Waals surface area (Å²) >= 11 is 0. The van der Waals surface area contributed by atoms with E-state index in [2.05, 4.69) is 32.6 Å². The van der Waals surface area contributed by atoms with Crippen LogP contribution in [0.25, 0.3) is 0 Å². The molecule has 0 spiro atoms. The first-order chi connectivity index (χ1) is 8.35. The van der Waals surface area contributed by atoms with E-state index in [1.54, 1.807) is 0 Å². The molecule has 0 aromatic rings. The van der Waals surface area contributed by atoms with Crippen molar-refractivity contribution in [2.24, 2.45) is 17.3 Å². The molecule has 1 saturated heterocycles. The number of carbonyl (C=O) groups is 1. The number of nitrogens with zero attached hydrogens (tertiary/aromatic N) is 1. The van der Waals surface area contributed by atoms with Gasteiger partial charge in [0.15, 0.2) is 0 Å². The van der Waals surface area contributed by atoms with Crippen molar-refractivity contribution < 1.29 is 9.90 Å². The molecular formula is C15H27NO2. The highest BCUT2D eigenvalue weighted by molar-refractivity contribution is 5.71. The standard InChI is InChI=1S/C15H27NO2/c1-10-6-5-9-16(10)13-8-7-12(14(17)18)15(3,4)11(13)2/h10-13H,5-9H2,1-4H3,(H,17,18). The fourth-order valence-electron chi connectivity index (χ4n) is 4.12. The zero-order valence-corrected chi connectivity index (χ0v) is 12.1. The molecule has 0 aromatic carbocycles. The van der Waals surface area contributed by atoms with E-state index in [1.165, 1.54) is 19.4 Å². The van der Waals surface area contributed by atoms with E-state index in [0.717, 1.165) is 12.8 Å². The van der Waals surface area contributed by atoms with Gasteiger partial charge in [0.2, 0.25) is 0 Å². The van der Waals surface area contributed by atoms with Gasteiger partial charge in [-0.15, -0.1) is 0 Å². The van der Waals surface area contributed by atoms with E-state index in [9.17, 15) is 9.90 Å². The van der Waals surface area contributed by atoms with Crippen molar-refractivity contribution in [1.29, 1.82) is 0 Å². The number of hydrogen-bond acceptors (Lipinski definition) is 2. The summed E-state index contributed by atoms with van der Waals surface area (Å²) in [5, 5.41) is 9.38. The molecule has 1 heterocycles. The fraction of sp³-hybridized carbons (Fsp3) is 0.933. The van der Waals surface area contributed by atoms with Gasteiger partial charge in [-0.1, -0.05) is 20.8 Å². The van der Waals surface area contributed by atoms with E-state index < -0.39 is 5.97 Å². The average molecular weight is 253 g/mol. The van der Waals surface area contributed by atoms with Gasteiger partial charge < -0.3 is 5.11 Å². The highest BCUT2D eigenvalue weighted by atomic mass is 16.4. The quantitative estimate of drug-likeness (QED) is 0.822. The second kappa shape index (κ2) is 4.84. The summed E-state index contributed by atoms with van der Waals surface area (Å²) < 4.78 is 0. The molecule has 4 atom stereocenters. The summed E-state index contributed by atoms with van der Waals surface area (Å²) in [6.07, 6.45) is 4.48. The number of aliphatic carboxylic acids is 1. The Balaban J connectivity index is 2.15. The lowest BCUT2D eigenvalue weighted by Gasteiger charge is -2.50. The number of rotatable bonds is 2. The van der Waals surface area contributed by atoms with Crippen molar-refractivity contribution in [2.45, 2.75) is 65.5 Å². The largest absolute Gasteiger partial charge is 0.481 e. The van der Waals surface area contributed by atoms with Gasteiger partial charge in [0.05, 0.1) is 5.92 Å². The molecule has 4 unspecified atom stereocenters. The van der Waals surface area contributed by atoms with E-state index in [-0.39, 0.29) is 11.3 Å². The van der Waals surface area contributed by atoms with Gasteiger partial charge in [-0.05, 0) is 50.5 Å². The van der Waals surface area contributed by atoms with Crippen molar-refractivity contribution in [1.82, 2.24) is 4.90 Å². The highest BCUT2D eigenvalue weighted by Gasteiger charge is 2.48. The Morgan fingerprint density at radius 3 is 2.39 bits per heavy atom. The Bertz CT molecular complexity index is 326. The Hall–Kier alpha value is -0.570. The third kappa shape index (κ3) is 2.18. The average Bonchev–Trinajstić information content (AvgIpc) is 2.68. The van der Waals surface area contributed by atoms with Crippen LogP contribution in [-0.4, -0.2) is 34.6 Å². The molecule has 1 N–H and O–H groups in total. The lowest BCUT2D eigenvalue weighted by Crippen LogP contribution is -2.53. The smallest absolute Gasteiger partial charge is 0.307 e. The number of carboxylic acid groups (broad SMARTS) is 1. The summed E-state index contributed by atoms with van der Waals surface area (Å²) in [6.45, 7) is 10.1. The first-order valence-electron chi connectivity index (χ1n) is 7.34. The van der Waals surface area contributed by atoms with Crippen molar-refractivity contribution in [2.75, 3.05) is 6.54 Å². The molecule has 0 bridgehead atoms. The van der Waals surface area contributed by atoms with E-state index in [0.29, 0.717) is 18.0 Å². The third-order valence-electron chi connectivity index (χ3n) is 5.73. The highest BCUT2D eigenvalue weighted by Crippen LogP contribution is 2.47. The number of hydrogen-bond donors (Lipinski definition) is 1. The monoisotopic (exact) mass is 253 g/mol. The predicted molar refractivity (Wildman–Crippen MR) is 72.5 cm³/mol.